The molecule has 0 saturated heterocycles. The molecule has 2 aromatic carbocycles. The number of rotatable bonds is 6. The lowest BCUT2D eigenvalue weighted by atomic mass is 10.1. The quantitative estimate of drug-likeness (QED) is 0.617. The van der Waals surface area contributed by atoms with E-state index in [-0.39, 0.29) is 11.7 Å². The van der Waals surface area contributed by atoms with Gasteiger partial charge in [-0.2, -0.15) is 0 Å². The Labute approximate surface area is 153 Å². The summed E-state index contributed by atoms with van der Waals surface area (Å²) in [5.74, 6) is 1.17. The predicted molar refractivity (Wildman–Crippen MR) is 99.2 cm³/mol. The second-order valence-corrected chi connectivity index (χ2v) is 6.35. The number of amides is 1. The molecular formula is C22H22FNO2. The van der Waals surface area contributed by atoms with Crippen LogP contribution in [0.2, 0.25) is 0 Å². The van der Waals surface area contributed by atoms with Crippen LogP contribution in [-0.2, 0) is 19.5 Å². The van der Waals surface area contributed by atoms with Crippen molar-refractivity contribution in [2.75, 3.05) is 0 Å². The first-order valence-electron chi connectivity index (χ1n) is 8.73. The second-order valence-electron chi connectivity index (χ2n) is 6.35. The van der Waals surface area contributed by atoms with E-state index in [0.29, 0.717) is 18.7 Å². The number of hydrogen-bond acceptors (Lipinski definition) is 2. The van der Waals surface area contributed by atoms with Crippen molar-refractivity contribution < 1.29 is 13.6 Å². The van der Waals surface area contributed by atoms with Gasteiger partial charge in [0.1, 0.15) is 17.3 Å². The van der Waals surface area contributed by atoms with Crippen LogP contribution in [0, 0.1) is 12.7 Å². The standard InChI is InChI=1S/C22H22FNO2/c1-3-17-5-9-19(10-6-17)22(25)24(15-21-13-4-16(2)26-21)14-18-7-11-20(23)12-8-18/h4-13H,3,14-15H2,1-2H3. The third-order valence-corrected chi connectivity index (χ3v) is 4.33. The summed E-state index contributed by atoms with van der Waals surface area (Å²) in [6.07, 6.45) is 0.930. The Morgan fingerprint density at radius 2 is 1.58 bits per heavy atom. The van der Waals surface area contributed by atoms with Crippen LogP contribution in [0.15, 0.2) is 65.1 Å². The molecule has 134 valence electrons. The second kappa shape index (κ2) is 8.00. The Hall–Kier alpha value is -2.88. The molecule has 1 amide bonds. The Morgan fingerprint density at radius 1 is 0.923 bits per heavy atom. The summed E-state index contributed by atoms with van der Waals surface area (Å²) in [6, 6.07) is 17.6. The van der Waals surface area contributed by atoms with Gasteiger partial charge in [0.2, 0.25) is 0 Å². The van der Waals surface area contributed by atoms with E-state index in [1.165, 1.54) is 17.7 Å². The zero-order chi connectivity index (χ0) is 18.5. The topological polar surface area (TPSA) is 33.5 Å². The third-order valence-electron chi connectivity index (χ3n) is 4.33. The molecular weight excluding hydrogens is 329 g/mol. The molecule has 0 aliphatic heterocycles. The molecule has 4 heteroatoms. The molecule has 0 aliphatic carbocycles. The fourth-order valence-electron chi connectivity index (χ4n) is 2.83. The van der Waals surface area contributed by atoms with Crippen molar-refractivity contribution in [2.45, 2.75) is 33.4 Å². The van der Waals surface area contributed by atoms with Crippen LogP contribution in [0.5, 0.6) is 0 Å². The van der Waals surface area contributed by atoms with E-state index < -0.39 is 0 Å². The molecule has 3 aromatic rings. The molecule has 0 N–H and O–H groups in total. The maximum absolute atomic E-state index is 13.2. The van der Waals surface area contributed by atoms with Crippen LogP contribution in [-0.4, -0.2) is 10.8 Å². The minimum Gasteiger partial charge on any atom is -0.464 e. The van der Waals surface area contributed by atoms with Crippen molar-refractivity contribution in [2.24, 2.45) is 0 Å². The van der Waals surface area contributed by atoms with Crippen molar-refractivity contribution in [3.05, 3.63) is 94.7 Å². The maximum atomic E-state index is 13.2. The number of carbonyl (C=O) groups is 1. The van der Waals surface area contributed by atoms with Crippen molar-refractivity contribution in [3.8, 4) is 0 Å². The molecule has 3 nitrogen and oxygen atoms in total. The van der Waals surface area contributed by atoms with Crippen LogP contribution in [0.3, 0.4) is 0 Å². The highest BCUT2D eigenvalue weighted by Gasteiger charge is 2.18. The van der Waals surface area contributed by atoms with Crippen molar-refractivity contribution in [1.82, 2.24) is 4.90 Å². The van der Waals surface area contributed by atoms with Crippen molar-refractivity contribution in [3.63, 3.8) is 0 Å². The van der Waals surface area contributed by atoms with Crippen LogP contribution >= 0.6 is 0 Å². The molecule has 0 unspecified atom stereocenters. The highest BCUT2D eigenvalue weighted by atomic mass is 19.1. The minimum atomic E-state index is -0.288. The van der Waals surface area contributed by atoms with Gasteiger partial charge in [0, 0.05) is 12.1 Å². The molecule has 0 aliphatic rings. The highest BCUT2D eigenvalue weighted by molar-refractivity contribution is 5.94. The van der Waals surface area contributed by atoms with Gasteiger partial charge in [0.05, 0.1) is 6.54 Å². The third kappa shape index (κ3) is 4.39. The summed E-state index contributed by atoms with van der Waals surface area (Å²) in [5, 5.41) is 0. The van der Waals surface area contributed by atoms with Gasteiger partial charge < -0.3 is 9.32 Å². The van der Waals surface area contributed by atoms with Crippen LogP contribution < -0.4 is 0 Å². The Morgan fingerprint density at radius 3 is 2.15 bits per heavy atom. The van der Waals surface area contributed by atoms with Gasteiger partial charge in [0.15, 0.2) is 0 Å². The van der Waals surface area contributed by atoms with E-state index in [4.69, 9.17) is 4.42 Å². The van der Waals surface area contributed by atoms with E-state index in [0.717, 1.165) is 23.5 Å². The first kappa shape index (κ1) is 17.9. The first-order valence-corrected chi connectivity index (χ1v) is 8.73. The van der Waals surface area contributed by atoms with E-state index >= 15 is 0 Å². The van der Waals surface area contributed by atoms with Gasteiger partial charge >= 0.3 is 0 Å². The molecule has 1 heterocycles. The van der Waals surface area contributed by atoms with Gasteiger partial charge in [-0.05, 0) is 60.9 Å². The molecule has 0 saturated carbocycles. The summed E-state index contributed by atoms with van der Waals surface area (Å²) in [6.45, 7) is 4.70. The minimum absolute atomic E-state index is 0.0777. The number of hydrogen-bond donors (Lipinski definition) is 0. The molecule has 0 fully saturated rings. The Kier molecular flexibility index (Phi) is 5.52. The van der Waals surface area contributed by atoms with Crippen LogP contribution in [0.1, 0.15) is 39.9 Å². The van der Waals surface area contributed by atoms with Crippen molar-refractivity contribution >= 4 is 5.91 Å². The fraction of sp³-hybridized carbons (Fsp3) is 0.227. The number of furan rings is 1. The predicted octanol–water partition coefficient (Wildman–Crippen LogP) is 5.13. The average molecular weight is 351 g/mol. The van der Waals surface area contributed by atoms with Gasteiger partial charge in [-0.15, -0.1) is 0 Å². The molecule has 0 atom stereocenters. The van der Waals surface area contributed by atoms with Gasteiger partial charge in [-0.1, -0.05) is 31.2 Å². The lowest BCUT2D eigenvalue weighted by Crippen LogP contribution is -2.30. The molecule has 0 bridgehead atoms. The monoisotopic (exact) mass is 351 g/mol. The van der Waals surface area contributed by atoms with Gasteiger partial charge in [-0.25, -0.2) is 4.39 Å². The fourth-order valence-corrected chi connectivity index (χ4v) is 2.83. The van der Waals surface area contributed by atoms with Crippen LogP contribution in [0.25, 0.3) is 0 Å². The number of halogens is 1. The van der Waals surface area contributed by atoms with Gasteiger partial charge in [0.25, 0.3) is 5.91 Å². The number of carbonyl (C=O) groups excluding carboxylic acids is 1. The molecule has 0 radical (unpaired) electrons. The van der Waals surface area contributed by atoms with E-state index in [1.807, 2.05) is 43.3 Å². The first-order chi connectivity index (χ1) is 12.5. The number of aryl methyl sites for hydroxylation is 2. The van der Waals surface area contributed by atoms with E-state index in [1.54, 1.807) is 17.0 Å². The molecule has 0 spiro atoms. The SMILES string of the molecule is CCc1ccc(C(=O)N(Cc2ccc(F)cc2)Cc2ccc(C)o2)cc1. The lowest BCUT2D eigenvalue weighted by Gasteiger charge is -2.22. The Balaban J connectivity index is 1.84. The molecule has 26 heavy (non-hydrogen) atoms. The van der Waals surface area contributed by atoms with Crippen LogP contribution in [0.4, 0.5) is 4.39 Å². The van der Waals surface area contributed by atoms with Crippen molar-refractivity contribution in [1.29, 1.82) is 0 Å². The van der Waals surface area contributed by atoms with E-state index in [2.05, 4.69) is 6.92 Å². The summed E-state index contributed by atoms with van der Waals surface area (Å²) in [4.78, 5) is 14.8. The van der Waals surface area contributed by atoms with Gasteiger partial charge in [-0.3, -0.25) is 4.79 Å². The van der Waals surface area contributed by atoms with E-state index in [9.17, 15) is 9.18 Å². The highest BCUT2D eigenvalue weighted by Crippen LogP contribution is 2.17. The zero-order valence-corrected chi connectivity index (χ0v) is 15.0. The molecule has 1 aromatic heterocycles. The summed E-state index contributed by atoms with van der Waals surface area (Å²) >= 11 is 0. The normalized spacial score (nSPS) is 10.7. The Bertz CT molecular complexity index is 866. The summed E-state index contributed by atoms with van der Waals surface area (Å²) in [5.41, 5.74) is 2.69. The summed E-state index contributed by atoms with van der Waals surface area (Å²) < 4.78 is 18.8. The lowest BCUT2D eigenvalue weighted by molar-refractivity contribution is 0.0717. The average Bonchev–Trinajstić information content (AvgIpc) is 3.07. The number of nitrogens with zero attached hydrogens (tertiary/aromatic N) is 1. The largest absolute Gasteiger partial charge is 0.464 e. The summed E-state index contributed by atoms with van der Waals surface area (Å²) in [7, 11) is 0. The molecule has 3 rings (SSSR count). The smallest absolute Gasteiger partial charge is 0.254 e. The number of benzene rings is 2. The zero-order valence-electron chi connectivity index (χ0n) is 15.0. The maximum Gasteiger partial charge on any atom is 0.254 e.